The van der Waals surface area contributed by atoms with Gasteiger partial charge in [-0.25, -0.2) is 9.36 Å². The number of hydrogen-bond acceptors (Lipinski definition) is 3. The molecule has 1 N–H and O–H groups in total. The second kappa shape index (κ2) is 7.10. The first-order chi connectivity index (χ1) is 13.0. The summed E-state index contributed by atoms with van der Waals surface area (Å²) in [6, 6.07) is 15.9. The molecule has 0 aliphatic heterocycles. The molecule has 0 fully saturated rings. The minimum atomic E-state index is -0.594. The number of benzene rings is 2. The first-order valence-corrected chi connectivity index (χ1v) is 9.59. The van der Waals surface area contributed by atoms with Crippen LogP contribution in [0.1, 0.15) is 52.7 Å². The fourth-order valence-corrected chi connectivity index (χ4v) is 3.22. The number of carbonyl (C=O) groups is 1. The number of rotatable bonds is 2. The predicted octanol–water partition coefficient (Wildman–Crippen LogP) is 5.88. The van der Waals surface area contributed by atoms with E-state index in [2.05, 4.69) is 32.9 Å². The molecule has 2 aromatic carbocycles. The Morgan fingerprint density at radius 2 is 1.71 bits per heavy atom. The van der Waals surface area contributed by atoms with Crippen molar-refractivity contribution in [3.8, 4) is 11.3 Å². The topological polar surface area (TPSA) is 51.5 Å². The van der Waals surface area contributed by atoms with Crippen LogP contribution >= 0.6 is 0 Å². The van der Waals surface area contributed by atoms with Crippen molar-refractivity contribution in [1.29, 1.82) is 0 Å². The second-order valence-corrected chi connectivity index (χ2v) is 9.23. The van der Waals surface area contributed by atoms with Crippen molar-refractivity contribution >= 4 is 17.0 Å². The van der Waals surface area contributed by atoms with Gasteiger partial charge < -0.3 is 9.84 Å². The molecule has 1 heterocycles. The first kappa shape index (κ1) is 20.2. The summed E-state index contributed by atoms with van der Waals surface area (Å²) in [5.74, 6) is 0. The molecular formula is C24H29NO3. The van der Waals surface area contributed by atoms with E-state index in [1.54, 1.807) is 4.57 Å². The Kier molecular flexibility index (Phi) is 5.11. The third kappa shape index (κ3) is 4.12. The van der Waals surface area contributed by atoms with E-state index in [0.29, 0.717) is 0 Å². The largest absolute Gasteiger partial charge is 0.443 e. The van der Waals surface area contributed by atoms with E-state index < -0.39 is 11.7 Å². The summed E-state index contributed by atoms with van der Waals surface area (Å²) in [4.78, 5) is 13.1. The molecule has 4 heteroatoms. The van der Waals surface area contributed by atoms with E-state index in [9.17, 15) is 9.90 Å². The molecule has 0 atom stereocenters. The van der Waals surface area contributed by atoms with Gasteiger partial charge in [0.05, 0.1) is 17.8 Å². The van der Waals surface area contributed by atoms with Crippen LogP contribution in [0.4, 0.5) is 4.79 Å². The molecule has 0 aliphatic rings. The molecular weight excluding hydrogens is 350 g/mol. The van der Waals surface area contributed by atoms with Crippen LogP contribution in [-0.4, -0.2) is 21.4 Å². The van der Waals surface area contributed by atoms with Crippen molar-refractivity contribution in [2.45, 2.75) is 59.2 Å². The van der Waals surface area contributed by atoms with E-state index in [4.69, 9.17) is 4.74 Å². The lowest BCUT2D eigenvalue weighted by atomic mass is 9.86. The van der Waals surface area contributed by atoms with Crippen molar-refractivity contribution in [3.05, 3.63) is 59.7 Å². The van der Waals surface area contributed by atoms with Gasteiger partial charge in [-0.05, 0) is 67.1 Å². The SMILES string of the molecule is CC(C)(C)OC(=O)n1c(-c2cccc(C(C)(C)C)c2)cc2cc(CO)ccc21. The van der Waals surface area contributed by atoms with Crippen LogP contribution in [0.3, 0.4) is 0 Å². The second-order valence-electron chi connectivity index (χ2n) is 9.23. The van der Waals surface area contributed by atoms with Crippen molar-refractivity contribution in [2.75, 3.05) is 0 Å². The minimum Gasteiger partial charge on any atom is -0.443 e. The highest BCUT2D eigenvalue weighted by atomic mass is 16.6. The summed E-state index contributed by atoms with van der Waals surface area (Å²) >= 11 is 0. The Hall–Kier alpha value is -2.59. The lowest BCUT2D eigenvalue weighted by Crippen LogP contribution is -2.27. The maximum atomic E-state index is 13.1. The van der Waals surface area contributed by atoms with Crippen molar-refractivity contribution in [2.24, 2.45) is 0 Å². The molecule has 3 rings (SSSR count). The highest BCUT2D eigenvalue weighted by molar-refractivity contribution is 5.96. The molecule has 0 saturated heterocycles. The van der Waals surface area contributed by atoms with Gasteiger partial charge >= 0.3 is 6.09 Å². The lowest BCUT2D eigenvalue weighted by molar-refractivity contribution is 0.0547. The van der Waals surface area contributed by atoms with Crippen molar-refractivity contribution in [3.63, 3.8) is 0 Å². The molecule has 0 radical (unpaired) electrons. The molecule has 4 nitrogen and oxygen atoms in total. The zero-order valence-electron chi connectivity index (χ0n) is 17.5. The van der Waals surface area contributed by atoms with E-state index in [1.807, 2.05) is 57.2 Å². The number of carbonyl (C=O) groups excluding carboxylic acids is 1. The lowest BCUT2D eigenvalue weighted by Gasteiger charge is -2.22. The van der Waals surface area contributed by atoms with Crippen molar-refractivity contribution in [1.82, 2.24) is 4.57 Å². The van der Waals surface area contributed by atoms with Gasteiger partial charge in [0.2, 0.25) is 0 Å². The Morgan fingerprint density at radius 3 is 2.32 bits per heavy atom. The van der Waals surface area contributed by atoms with Gasteiger partial charge in [-0.1, -0.05) is 45.0 Å². The maximum absolute atomic E-state index is 13.1. The molecule has 0 spiro atoms. The summed E-state index contributed by atoms with van der Waals surface area (Å²) in [5.41, 5.74) is 3.92. The third-order valence-electron chi connectivity index (χ3n) is 4.65. The number of nitrogens with zero attached hydrogens (tertiary/aromatic N) is 1. The van der Waals surface area contributed by atoms with Crippen LogP contribution in [0.5, 0.6) is 0 Å². The van der Waals surface area contributed by atoms with Gasteiger partial charge in [0.1, 0.15) is 5.60 Å². The molecule has 0 bridgehead atoms. The Bertz CT molecular complexity index is 1020. The molecule has 28 heavy (non-hydrogen) atoms. The summed E-state index contributed by atoms with van der Waals surface area (Å²) < 4.78 is 7.31. The van der Waals surface area contributed by atoms with Gasteiger partial charge in [0.15, 0.2) is 0 Å². The van der Waals surface area contributed by atoms with Crippen LogP contribution in [0.15, 0.2) is 48.5 Å². The van der Waals surface area contributed by atoms with Gasteiger partial charge in [-0.3, -0.25) is 0 Å². The summed E-state index contributed by atoms with van der Waals surface area (Å²) in [6.45, 7) is 12.1. The van der Waals surface area contributed by atoms with E-state index in [-0.39, 0.29) is 12.0 Å². The average Bonchev–Trinajstić information content (AvgIpc) is 2.98. The highest BCUT2D eigenvalue weighted by Gasteiger charge is 2.23. The van der Waals surface area contributed by atoms with E-state index in [1.165, 1.54) is 5.56 Å². The van der Waals surface area contributed by atoms with Crippen LogP contribution in [-0.2, 0) is 16.8 Å². The van der Waals surface area contributed by atoms with Crippen LogP contribution < -0.4 is 0 Å². The molecule has 3 aromatic rings. The number of aliphatic hydroxyl groups excluding tert-OH is 1. The normalized spacial score (nSPS) is 12.4. The Balaban J connectivity index is 2.24. The molecule has 1 aromatic heterocycles. The summed E-state index contributed by atoms with van der Waals surface area (Å²) in [6.07, 6.45) is -0.407. The summed E-state index contributed by atoms with van der Waals surface area (Å²) in [5, 5.41) is 10.4. The number of aliphatic hydroxyl groups is 1. The van der Waals surface area contributed by atoms with Crippen LogP contribution in [0, 0.1) is 0 Å². The molecule has 0 unspecified atom stereocenters. The fourth-order valence-electron chi connectivity index (χ4n) is 3.22. The Labute approximate surface area is 166 Å². The monoisotopic (exact) mass is 379 g/mol. The van der Waals surface area contributed by atoms with E-state index >= 15 is 0 Å². The average molecular weight is 380 g/mol. The standard InChI is InChI=1S/C24H29NO3/c1-23(2,3)19-9-7-8-17(13-19)21-14-18-12-16(15-26)10-11-20(18)25(21)22(27)28-24(4,5)6/h7-14,26H,15H2,1-6H3. The predicted molar refractivity (Wildman–Crippen MR) is 114 cm³/mol. The van der Waals surface area contributed by atoms with Gasteiger partial charge in [-0.2, -0.15) is 0 Å². The smallest absolute Gasteiger partial charge is 0.419 e. The molecule has 148 valence electrons. The third-order valence-corrected chi connectivity index (χ3v) is 4.65. The zero-order valence-corrected chi connectivity index (χ0v) is 17.5. The van der Waals surface area contributed by atoms with E-state index in [0.717, 1.165) is 27.7 Å². The number of hydrogen-bond donors (Lipinski definition) is 1. The van der Waals surface area contributed by atoms with Gasteiger partial charge in [0, 0.05) is 5.39 Å². The number of aromatic nitrogens is 1. The fraction of sp³-hybridized carbons (Fsp3) is 0.375. The number of ether oxygens (including phenoxy) is 1. The maximum Gasteiger partial charge on any atom is 0.419 e. The molecule has 0 saturated carbocycles. The molecule has 0 aliphatic carbocycles. The number of fused-ring (bicyclic) bond motifs is 1. The molecule has 0 amide bonds. The quantitative estimate of drug-likeness (QED) is 0.605. The highest BCUT2D eigenvalue weighted by Crippen LogP contribution is 2.33. The van der Waals surface area contributed by atoms with Crippen molar-refractivity contribution < 1.29 is 14.6 Å². The van der Waals surface area contributed by atoms with Gasteiger partial charge in [-0.15, -0.1) is 0 Å². The minimum absolute atomic E-state index is 0.00281. The zero-order chi connectivity index (χ0) is 20.7. The first-order valence-electron chi connectivity index (χ1n) is 9.59. The van der Waals surface area contributed by atoms with Gasteiger partial charge in [0.25, 0.3) is 0 Å². The Morgan fingerprint density at radius 1 is 1.00 bits per heavy atom. The summed E-state index contributed by atoms with van der Waals surface area (Å²) in [7, 11) is 0. The van der Waals surface area contributed by atoms with Crippen LogP contribution in [0.25, 0.3) is 22.2 Å². The van der Waals surface area contributed by atoms with Crippen LogP contribution in [0.2, 0.25) is 0 Å².